The molecule has 1 unspecified atom stereocenters. The molecule has 0 radical (unpaired) electrons. The van der Waals surface area contributed by atoms with Gasteiger partial charge in [0, 0.05) is 17.0 Å². The van der Waals surface area contributed by atoms with Crippen LogP contribution in [0.25, 0.3) is 6.08 Å². The highest BCUT2D eigenvalue weighted by Gasteiger charge is 2.33. The summed E-state index contributed by atoms with van der Waals surface area (Å²) in [7, 11) is 1.29. The summed E-state index contributed by atoms with van der Waals surface area (Å²) in [6, 6.07) is 9.11. The first-order chi connectivity index (χ1) is 14.4. The number of ether oxygens (including phenoxy) is 1. The topological polar surface area (TPSA) is 104 Å². The summed E-state index contributed by atoms with van der Waals surface area (Å²) in [6.07, 6.45) is 1.60. The predicted octanol–water partition coefficient (Wildman–Crippen LogP) is 2.38. The van der Waals surface area contributed by atoms with Gasteiger partial charge in [-0.3, -0.25) is 19.5 Å². The first-order valence-corrected chi connectivity index (χ1v) is 10.5. The van der Waals surface area contributed by atoms with Gasteiger partial charge in [-0.05, 0) is 30.0 Å². The molecule has 3 aromatic rings. The van der Waals surface area contributed by atoms with Gasteiger partial charge in [-0.1, -0.05) is 29.5 Å². The zero-order valence-corrected chi connectivity index (χ0v) is 17.5. The predicted molar refractivity (Wildman–Crippen MR) is 113 cm³/mol. The Kier molecular flexibility index (Phi) is 5.18. The van der Waals surface area contributed by atoms with Crippen molar-refractivity contribution in [2.45, 2.75) is 13.0 Å². The van der Waals surface area contributed by atoms with E-state index in [0.717, 1.165) is 4.88 Å². The van der Waals surface area contributed by atoms with Gasteiger partial charge in [0.15, 0.2) is 4.80 Å². The number of benzene rings is 1. The van der Waals surface area contributed by atoms with Crippen molar-refractivity contribution in [2.75, 3.05) is 7.11 Å². The van der Waals surface area contributed by atoms with Crippen LogP contribution in [0.5, 0.6) is 0 Å². The number of non-ortho nitro benzene ring substituents is 1. The van der Waals surface area contributed by atoms with Gasteiger partial charge in [-0.2, -0.15) is 0 Å². The Labute approximate surface area is 177 Å². The van der Waals surface area contributed by atoms with E-state index in [1.54, 1.807) is 25.1 Å². The highest BCUT2D eigenvalue weighted by atomic mass is 32.1. The number of nitrogens with zero attached hydrogens (tertiary/aromatic N) is 3. The zero-order chi connectivity index (χ0) is 21.4. The maximum atomic E-state index is 13.3. The summed E-state index contributed by atoms with van der Waals surface area (Å²) >= 11 is 2.60. The number of hydrogen-bond acceptors (Lipinski definition) is 8. The Morgan fingerprint density at radius 3 is 2.80 bits per heavy atom. The number of nitro groups is 1. The summed E-state index contributed by atoms with van der Waals surface area (Å²) in [5.74, 6) is -0.539. The van der Waals surface area contributed by atoms with Crippen LogP contribution >= 0.6 is 22.7 Å². The molecule has 0 bridgehead atoms. The second-order valence-electron chi connectivity index (χ2n) is 6.44. The number of thiazole rings is 1. The quantitative estimate of drug-likeness (QED) is 0.351. The molecule has 4 rings (SSSR count). The van der Waals surface area contributed by atoms with Crippen molar-refractivity contribution >= 4 is 40.4 Å². The molecule has 1 aliphatic heterocycles. The van der Waals surface area contributed by atoms with Gasteiger partial charge in [0.2, 0.25) is 0 Å². The second kappa shape index (κ2) is 7.81. The lowest BCUT2D eigenvalue weighted by Gasteiger charge is -2.22. The summed E-state index contributed by atoms with van der Waals surface area (Å²) in [5, 5.41) is 12.9. The van der Waals surface area contributed by atoms with Gasteiger partial charge in [0.05, 0.1) is 27.8 Å². The van der Waals surface area contributed by atoms with E-state index in [2.05, 4.69) is 4.99 Å². The average molecular weight is 441 g/mol. The molecule has 0 amide bonds. The van der Waals surface area contributed by atoms with Crippen molar-refractivity contribution in [2.24, 2.45) is 4.99 Å². The zero-order valence-electron chi connectivity index (χ0n) is 15.9. The van der Waals surface area contributed by atoms with Crippen molar-refractivity contribution in [1.29, 1.82) is 0 Å². The molecule has 2 aromatic heterocycles. The monoisotopic (exact) mass is 441 g/mol. The average Bonchev–Trinajstić information content (AvgIpc) is 3.36. The van der Waals surface area contributed by atoms with Crippen LogP contribution in [0.4, 0.5) is 5.69 Å². The fourth-order valence-corrected chi connectivity index (χ4v) is 5.16. The number of fused-ring (bicyclic) bond motifs is 1. The first-order valence-electron chi connectivity index (χ1n) is 8.79. The molecule has 0 saturated heterocycles. The largest absolute Gasteiger partial charge is 0.466 e. The Morgan fingerprint density at radius 2 is 2.13 bits per heavy atom. The number of thiophene rings is 1. The molecule has 3 heterocycles. The molecule has 8 nitrogen and oxygen atoms in total. The van der Waals surface area contributed by atoms with E-state index >= 15 is 0 Å². The first kappa shape index (κ1) is 19.9. The molecule has 10 heteroatoms. The molecule has 0 aliphatic carbocycles. The lowest BCUT2D eigenvalue weighted by atomic mass is 10.0. The number of carbonyl (C=O) groups is 1. The molecule has 1 atom stereocenters. The Hall–Kier alpha value is -3.37. The Balaban J connectivity index is 1.94. The number of esters is 1. The molecule has 1 aliphatic rings. The molecular formula is C20H15N3O5S2. The third-order valence-electron chi connectivity index (χ3n) is 4.62. The molecule has 0 fully saturated rings. The maximum absolute atomic E-state index is 13.3. The van der Waals surface area contributed by atoms with Crippen LogP contribution in [-0.4, -0.2) is 22.6 Å². The number of rotatable bonds is 4. The molecule has 0 N–H and O–H groups in total. The van der Waals surface area contributed by atoms with Crippen LogP contribution in [0.1, 0.15) is 23.4 Å². The van der Waals surface area contributed by atoms with Gasteiger partial charge in [-0.25, -0.2) is 9.79 Å². The van der Waals surface area contributed by atoms with Gasteiger partial charge >= 0.3 is 5.97 Å². The smallest absolute Gasteiger partial charge is 0.338 e. The summed E-state index contributed by atoms with van der Waals surface area (Å²) in [4.78, 5) is 42.1. The third-order valence-corrected chi connectivity index (χ3v) is 6.53. The van der Waals surface area contributed by atoms with E-state index in [9.17, 15) is 19.7 Å². The molecule has 152 valence electrons. The van der Waals surface area contributed by atoms with E-state index in [-0.39, 0.29) is 11.2 Å². The van der Waals surface area contributed by atoms with Crippen LogP contribution in [-0.2, 0) is 9.53 Å². The normalized spacial score (nSPS) is 16.2. The number of aromatic nitrogens is 1. The highest BCUT2D eigenvalue weighted by molar-refractivity contribution is 7.10. The summed E-state index contributed by atoms with van der Waals surface area (Å²) in [5.41, 5.74) is 0.957. The molecular weight excluding hydrogens is 426 g/mol. The highest BCUT2D eigenvalue weighted by Crippen LogP contribution is 2.32. The lowest BCUT2D eigenvalue weighted by molar-refractivity contribution is -0.384. The second-order valence-corrected chi connectivity index (χ2v) is 8.43. The third kappa shape index (κ3) is 3.40. The fourth-order valence-electron chi connectivity index (χ4n) is 3.29. The van der Waals surface area contributed by atoms with Gasteiger partial charge in [0.25, 0.3) is 11.2 Å². The van der Waals surface area contributed by atoms with Gasteiger partial charge in [0.1, 0.15) is 6.04 Å². The van der Waals surface area contributed by atoms with E-state index < -0.39 is 16.9 Å². The molecule has 30 heavy (non-hydrogen) atoms. The summed E-state index contributed by atoms with van der Waals surface area (Å²) < 4.78 is 6.80. The Morgan fingerprint density at radius 1 is 1.33 bits per heavy atom. The molecule has 0 saturated carbocycles. The van der Waals surface area contributed by atoms with Crippen LogP contribution in [0.2, 0.25) is 0 Å². The van der Waals surface area contributed by atoms with Crippen molar-refractivity contribution in [3.63, 3.8) is 0 Å². The van der Waals surface area contributed by atoms with E-state index in [1.807, 2.05) is 17.5 Å². The van der Waals surface area contributed by atoms with Gasteiger partial charge < -0.3 is 4.74 Å². The van der Waals surface area contributed by atoms with Crippen molar-refractivity contribution < 1.29 is 14.5 Å². The van der Waals surface area contributed by atoms with Crippen molar-refractivity contribution in [3.8, 4) is 0 Å². The number of nitro benzene ring substituents is 1. The van der Waals surface area contributed by atoms with Crippen LogP contribution in [0, 0.1) is 10.1 Å². The SMILES string of the molecule is COC(=O)C1=C(C)N=c2s/c(=C\c3cccc([N+](=O)[O-])c3)c(=O)n2C1c1cccs1. The molecule has 1 aromatic carbocycles. The number of carbonyl (C=O) groups excluding carboxylic acids is 1. The summed E-state index contributed by atoms with van der Waals surface area (Å²) in [6.45, 7) is 1.71. The van der Waals surface area contributed by atoms with Crippen LogP contribution in [0.3, 0.4) is 0 Å². The van der Waals surface area contributed by atoms with Crippen molar-refractivity contribution in [1.82, 2.24) is 4.57 Å². The maximum Gasteiger partial charge on any atom is 0.338 e. The van der Waals surface area contributed by atoms with Crippen LogP contribution < -0.4 is 14.9 Å². The lowest BCUT2D eigenvalue weighted by Crippen LogP contribution is -2.39. The van der Waals surface area contributed by atoms with Crippen LogP contribution in [0.15, 0.2) is 62.8 Å². The molecule has 0 spiro atoms. The standard InChI is InChI=1S/C20H15N3O5S2/c1-11-16(19(25)28-2)17(14-7-4-8-29-14)22-18(24)15(30-20(22)21-11)10-12-5-3-6-13(9-12)23(26)27/h3-10,17H,1-2H3/b15-10-. The number of hydrogen-bond donors (Lipinski definition) is 0. The Bertz CT molecular complexity index is 1370. The number of allylic oxidation sites excluding steroid dienone is 1. The van der Waals surface area contributed by atoms with E-state index in [0.29, 0.717) is 26.2 Å². The van der Waals surface area contributed by atoms with Crippen molar-refractivity contribution in [3.05, 3.63) is 93.3 Å². The minimum atomic E-state index is -0.638. The fraction of sp³-hybridized carbons (Fsp3) is 0.150. The minimum Gasteiger partial charge on any atom is -0.466 e. The minimum absolute atomic E-state index is 0.0585. The number of methoxy groups -OCH3 is 1. The van der Waals surface area contributed by atoms with Gasteiger partial charge in [-0.15, -0.1) is 11.3 Å². The van der Waals surface area contributed by atoms with E-state index in [4.69, 9.17) is 4.74 Å². The van der Waals surface area contributed by atoms with E-state index in [1.165, 1.54) is 46.5 Å².